The molecular formula is C19H19Cl2N3O2. The van der Waals surface area contributed by atoms with E-state index in [1.54, 1.807) is 23.1 Å². The summed E-state index contributed by atoms with van der Waals surface area (Å²) in [5.74, 6) is -1.13. The van der Waals surface area contributed by atoms with Crippen molar-refractivity contribution in [1.29, 1.82) is 0 Å². The van der Waals surface area contributed by atoms with Crippen LogP contribution in [-0.4, -0.2) is 24.9 Å². The highest BCUT2D eigenvalue weighted by molar-refractivity contribution is 6.42. The molecule has 1 heterocycles. The second kappa shape index (κ2) is 7.98. The summed E-state index contributed by atoms with van der Waals surface area (Å²) in [7, 11) is 0. The van der Waals surface area contributed by atoms with Gasteiger partial charge in [0.15, 0.2) is 0 Å². The van der Waals surface area contributed by atoms with Crippen molar-refractivity contribution in [3.8, 4) is 0 Å². The summed E-state index contributed by atoms with van der Waals surface area (Å²) >= 11 is 11.9. The third-order valence-electron chi connectivity index (χ3n) is 4.43. The lowest BCUT2D eigenvalue weighted by Crippen LogP contribution is -2.37. The summed E-state index contributed by atoms with van der Waals surface area (Å²) in [5, 5.41) is 3.66. The van der Waals surface area contributed by atoms with Gasteiger partial charge >= 0.3 is 0 Å². The molecule has 1 fully saturated rings. The molecule has 0 aliphatic carbocycles. The van der Waals surface area contributed by atoms with E-state index in [4.69, 9.17) is 28.9 Å². The van der Waals surface area contributed by atoms with E-state index in [0.717, 1.165) is 5.56 Å². The minimum atomic E-state index is -0.670. The first kappa shape index (κ1) is 18.5. The van der Waals surface area contributed by atoms with E-state index in [0.29, 0.717) is 47.4 Å². The van der Waals surface area contributed by atoms with Crippen molar-refractivity contribution in [3.63, 3.8) is 0 Å². The molecule has 0 saturated carbocycles. The molecular weight excluding hydrogens is 373 g/mol. The fourth-order valence-corrected chi connectivity index (χ4v) is 3.26. The number of amides is 2. The molecule has 1 unspecified atom stereocenters. The molecule has 1 saturated heterocycles. The average molecular weight is 392 g/mol. The molecule has 2 aromatic rings. The first-order valence-corrected chi connectivity index (χ1v) is 9.10. The minimum Gasteiger partial charge on any atom is -0.399 e. The summed E-state index contributed by atoms with van der Waals surface area (Å²) in [6.45, 7) is 0.951. The van der Waals surface area contributed by atoms with Crippen molar-refractivity contribution in [3.05, 3.63) is 58.1 Å². The third kappa shape index (κ3) is 4.11. The molecule has 5 nitrogen and oxygen atoms in total. The number of hydrogen-bond acceptors (Lipinski definition) is 3. The molecule has 2 amide bonds. The number of carbonyl (C=O) groups is 2. The lowest BCUT2D eigenvalue weighted by Gasteiger charge is -2.17. The molecule has 3 rings (SSSR count). The van der Waals surface area contributed by atoms with Gasteiger partial charge in [0, 0.05) is 24.5 Å². The number of nitrogens with zero attached hydrogens (tertiary/aromatic N) is 1. The number of hydrogen-bond donors (Lipinski definition) is 2. The van der Waals surface area contributed by atoms with Crippen LogP contribution in [0.2, 0.25) is 10.0 Å². The predicted octanol–water partition coefficient (Wildman–Crippen LogP) is 3.29. The molecule has 0 aromatic heterocycles. The number of nitrogen functional groups attached to an aromatic ring is 1. The number of halogens is 2. The van der Waals surface area contributed by atoms with E-state index >= 15 is 0 Å². The lowest BCUT2D eigenvalue weighted by atomic mass is 10.1. The molecule has 3 N–H and O–H groups in total. The summed E-state index contributed by atoms with van der Waals surface area (Å²) in [6, 6.07) is 12.5. The largest absolute Gasteiger partial charge is 0.399 e. The first-order valence-electron chi connectivity index (χ1n) is 8.34. The Morgan fingerprint density at radius 3 is 2.58 bits per heavy atom. The monoisotopic (exact) mass is 391 g/mol. The second-order valence-electron chi connectivity index (χ2n) is 6.21. The number of nitrogens with one attached hydrogen (secondary N) is 1. The molecule has 7 heteroatoms. The van der Waals surface area contributed by atoms with E-state index in [-0.39, 0.29) is 11.8 Å². The van der Waals surface area contributed by atoms with Gasteiger partial charge in [0.25, 0.3) is 0 Å². The quantitative estimate of drug-likeness (QED) is 0.606. The van der Waals surface area contributed by atoms with Crippen LogP contribution < -0.4 is 16.0 Å². The maximum Gasteiger partial charge on any atom is 0.239 e. The lowest BCUT2D eigenvalue weighted by molar-refractivity contribution is -0.132. The molecule has 0 spiro atoms. The van der Waals surface area contributed by atoms with Crippen LogP contribution in [0.4, 0.5) is 11.4 Å². The average Bonchev–Trinajstić information content (AvgIpc) is 3.00. The first-order chi connectivity index (χ1) is 12.5. The molecule has 0 bridgehead atoms. The summed E-state index contributed by atoms with van der Waals surface area (Å²) in [6.07, 6.45) is 1.16. The van der Waals surface area contributed by atoms with Gasteiger partial charge in [0.1, 0.15) is 5.92 Å². The molecule has 136 valence electrons. The van der Waals surface area contributed by atoms with Crippen LogP contribution in [0.3, 0.4) is 0 Å². The summed E-state index contributed by atoms with van der Waals surface area (Å²) in [5.41, 5.74) is 8.09. The Balaban J connectivity index is 1.56. The van der Waals surface area contributed by atoms with Gasteiger partial charge in [-0.3, -0.25) is 9.59 Å². The van der Waals surface area contributed by atoms with Crippen LogP contribution in [-0.2, 0) is 16.0 Å². The molecule has 1 atom stereocenters. The van der Waals surface area contributed by atoms with E-state index in [1.165, 1.54) is 0 Å². The Morgan fingerprint density at radius 2 is 1.88 bits per heavy atom. The van der Waals surface area contributed by atoms with E-state index in [2.05, 4.69) is 5.32 Å². The van der Waals surface area contributed by atoms with E-state index < -0.39 is 5.92 Å². The Morgan fingerprint density at radius 1 is 1.15 bits per heavy atom. The van der Waals surface area contributed by atoms with Gasteiger partial charge < -0.3 is 16.0 Å². The SMILES string of the molecule is Nc1ccc(CCNC(=O)C2CCN(c3ccc(Cl)c(Cl)c3)C2=O)cc1. The van der Waals surface area contributed by atoms with Crippen molar-refractivity contribution >= 4 is 46.4 Å². The van der Waals surface area contributed by atoms with Crippen molar-refractivity contribution in [2.75, 3.05) is 23.7 Å². The number of anilines is 2. The van der Waals surface area contributed by atoms with Crippen LogP contribution in [0.15, 0.2) is 42.5 Å². The number of nitrogens with two attached hydrogens (primary N) is 1. The number of rotatable bonds is 5. The van der Waals surface area contributed by atoms with Gasteiger partial charge in [-0.15, -0.1) is 0 Å². The summed E-state index contributed by atoms with van der Waals surface area (Å²) in [4.78, 5) is 26.5. The molecule has 1 aliphatic rings. The van der Waals surface area contributed by atoms with Crippen LogP contribution >= 0.6 is 23.2 Å². The number of carbonyl (C=O) groups excluding carboxylic acids is 2. The topological polar surface area (TPSA) is 75.4 Å². The smallest absolute Gasteiger partial charge is 0.239 e. The fraction of sp³-hybridized carbons (Fsp3) is 0.263. The van der Waals surface area contributed by atoms with Crippen molar-refractivity contribution < 1.29 is 9.59 Å². The third-order valence-corrected chi connectivity index (χ3v) is 5.17. The fourth-order valence-electron chi connectivity index (χ4n) is 2.97. The Labute approximate surface area is 162 Å². The highest BCUT2D eigenvalue weighted by Gasteiger charge is 2.37. The Hall–Kier alpha value is -2.24. The van der Waals surface area contributed by atoms with E-state index in [9.17, 15) is 9.59 Å². The van der Waals surface area contributed by atoms with Crippen LogP contribution in [0, 0.1) is 5.92 Å². The van der Waals surface area contributed by atoms with Crippen LogP contribution in [0.1, 0.15) is 12.0 Å². The summed E-state index contributed by atoms with van der Waals surface area (Å²) < 4.78 is 0. The maximum absolute atomic E-state index is 12.6. The van der Waals surface area contributed by atoms with Crippen molar-refractivity contribution in [2.24, 2.45) is 5.92 Å². The van der Waals surface area contributed by atoms with Gasteiger partial charge in [0.05, 0.1) is 10.0 Å². The van der Waals surface area contributed by atoms with Crippen molar-refractivity contribution in [1.82, 2.24) is 5.32 Å². The molecule has 2 aromatic carbocycles. The molecule has 1 aliphatic heterocycles. The maximum atomic E-state index is 12.6. The highest BCUT2D eigenvalue weighted by atomic mass is 35.5. The zero-order valence-electron chi connectivity index (χ0n) is 14.0. The van der Waals surface area contributed by atoms with Gasteiger partial charge in [-0.25, -0.2) is 0 Å². The zero-order valence-corrected chi connectivity index (χ0v) is 15.6. The van der Waals surface area contributed by atoms with Crippen LogP contribution in [0.25, 0.3) is 0 Å². The van der Waals surface area contributed by atoms with Gasteiger partial charge in [-0.1, -0.05) is 35.3 Å². The molecule has 0 radical (unpaired) electrons. The highest BCUT2D eigenvalue weighted by Crippen LogP contribution is 2.31. The van der Waals surface area contributed by atoms with Crippen LogP contribution in [0.5, 0.6) is 0 Å². The van der Waals surface area contributed by atoms with Gasteiger partial charge in [0.2, 0.25) is 11.8 Å². The minimum absolute atomic E-state index is 0.214. The normalized spacial score (nSPS) is 16.8. The Bertz CT molecular complexity index is 824. The Kier molecular flexibility index (Phi) is 5.69. The van der Waals surface area contributed by atoms with E-state index in [1.807, 2.05) is 24.3 Å². The number of benzene rings is 2. The van der Waals surface area contributed by atoms with Gasteiger partial charge in [-0.2, -0.15) is 0 Å². The predicted molar refractivity (Wildman–Crippen MR) is 104 cm³/mol. The van der Waals surface area contributed by atoms with Gasteiger partial charge in [-0.05, 0) is 48.7 Å². The van der Waals surface area contributed by atoms with Crippen molar-refractivity contribution in [2.45, 2.75) is 12.8 Å². The molecule has 26 heavy (non-hydrogen) atoms. The standard InChI is InChI=1S/C19H19Cl2N3O2/c20-16-6-5-14(11-17(16)21)24-10-8-15(19(24)26)18(25)23-9-7-12-1-3-13(22)4-2-12/h1-6,11,15H,7-10,22H2,(H,23,25). The zero-order chi connectivity index (χ0) is 18.7. The second-order valence-corrected chi connectivity index (χ2v) is 7.03.